The van der Waals surface area contributed by atoms with Crippen molar-refractivity contribution in [1.29, 1.82) is 0 Å². The number of halogens is 1. The minimum Gasteiger partial charge on any atom is -0.347 e. The van der Waals surface area contributed by atoms with Gasteiger partial charge in [0, 0.05) is 43.1 Å². The largest absolute Gasteiger partial charge is 0.347 e. The van der Waals surface area contributed by atoms with Gasteiger partial charge in [0.1, 0.15) is 0 Å². The molecule has 112 valence electrons. The van der Waals surface area contributed by atoms with Gasteiger partial charge in [-0.25, -0.2) is 0 Å². The lowest BCUT2D eigenvalue weighted by molar-refractivity contribution is 0.535. The van der Waals surface area contributed by atoms with Gasteiger partial charge in [-0.05, 0) is 24.3 Å². The molecule has 2 nitrogen and oxygen atoms in total. The van der Waals surface area contributed by atoms with Gasteiger partial charge < -0.3 is 4.90 Å². The summed E-state index contributed by atoms with van der Waals surface area (Å²) in [4.78, 5) is 2.29. The van der Waals surface area contributed by atoms with Gasteiger partial charge >= 0.3 is 0 Å². The zero-order valence-electron chi connectivity index (χ0n) is 12.8. The van der Waals surface area contributed by atoms with Crippen molar-refractivity contribution in [3.8, 4) is 0 Å². The van der Waals surface area contributed by atoms with Gasteiger partial charge in [0.25, 0.3) is 0 Å². The summed E-state index contributed by atoms with van der Waals surface area (Å²) in [5.74, 6) is 0. The number of aromatic nitrogens is 1. The molecule has 0 saturated heterocycles. The molecule has 0 amide bonds. The van der Waals surface area contributed by atoms with Crippen molar-refractivity contribution in [1.82, 2.24) is 8.87 Å². The molecule has 0 spiro atoms. The molecule has 0 atom stereocenters. The van der Waals surface area contributed by atoms with Gasteiger partial charge in [-0.1, -0.05) is 44.6 Å². The molecule has 0 N–H and O–H groups in total. The van der Waals surface area contributed by atoms with E-state index in [1.165, 1.54) is 29.5 Å². The van der Waals surface area contributed by atoms with Crippen molar-refractivity contribution < 1.29 is 0 Å². The Morgan fingerprint density at radius 3 is 2.86 bits per heavy atom. The van der Waals surface area contributed by atoms with E-state index < -0.39 is 0 Å². The van der Waals surface area contributed by atoms with E-state index in [1.807, 2.05) is 6.08 Å². The van der Waals surface area contributed by atoms with Crippen LogP contribution in [-0.2, 0) is 0 Å². The Morgan fingerprint density at radius 1 is 1.48 bits per heavy atom. The van der Waals surface area contributed by atoms with Crippen LogP contribution in [0.1, 0.15) is 31.0 Å². The van der Waals surface area contributed by atoms with Crippen molar-refractivity contribution >= 4 is 48.2 Å². The number of hydrogen-bond donors (Lipinski definition) is 0. The van der Waals surface area contributed by atoms with Gasteiger partial charge in [-0.15, -0.1) is 6.58 Å². The van der Waals surface area contributed by atoms with E-state index in [1.54, 1.807) is 9.12 Å². The van der Waals surface area contributed by atoms with Gasteiger partial charge in [-0.3, -0.25) is 3.97 Å². The molecule has 21 heavy (non-hydrogen) atoms. The van der Waals surface area contributed by atoms with E-state index in [4.69, 9.17) is 0 Å². The average molecular weight is 412 g/mol. The van der Waals surface area contributed by atoms with E-state index >= 15 is 0 Å². The second kappa shape index (κ2) is 7.63. The Balaban J connectivity index is 2.43. The maximum absolute atomic E-state index is 4.32. The molecule has 0 bridgehead atoms. The topological polar surface area (TPSA) is 8.17 Å². The van der Waals surface area contributed by atoms with Gasteiger partial charge in [-0.2, -0.15) is 0 Å². The van der Waals surface area contributed by atoms with Gasteiger partial charge in [0.05, 0.1) is 11.4 Å². The molecule has 0 saturated carbocycles. The van der Waals surface area contributed by atoms with Crippen LogP contribution in [0.4, 0.5) is 0 Å². The highest BCUT2D eigenvalue weighted by Crippen LogP contribution is 2.38. The third-order valence-corrected chi connectivity index (χ3v) is 5.71. The molecule has 5 heteroatoms. The highest BCUT2D eigenvalue weighted by Gasteiger charge is 2.27. The molecule has 0 radical (unpaired) electrons. The fourth-order valence-electron chi connectivity index (χ4n) is 2.85. The Kier molecular flexibility index (Phi) is 6.11. The maximum Gasteiger partial charge on any atom is 0.175 e. The summed E-state index contributed by atoms with van der Waals surface area (Å²) in [6.45, 7) is 14.3. The number of nitrogens with zero attached hydrogens (tertiary/aromatic N) is 2. The van der Waals surface area contributed by atoms with Crippen molar-refractivity contribution in [2.45, 2.75) is 32.9 Å². The second-order valence-corrected chi connectivity index (χ2v) is 7.18. The number of hydrogen-bond acceptors (Lipinski definition) is 2. The van der Waals surface area contributed by atoms with Crippen molar-refractivity contribution in [3.05, 3.63) is 49.0 Å². The van der Waals surface area contributed by atoms with Crippen molar-refractivity contribution in [2.75, 3.05) is 6.54 Å². The molecule has 2 rings (SSSR count). The summed E-state index contributed by atoms with van der Waals surface area (Å²) in [7, 11) is 1.70. The SMILES string of the molecule is C=CCCN1C=C(B(C)CCC)c2ccn(SI)c2C1=C. The molecular weight excluding hydrogens is 390 g/mol. The van der Waals surface area contributed by atoms with E-state index in [2.05, 4.69) is 75.4 Å². The highest BCUT2D eigenvalue weighted by molar-refractivity contribution is 14.2. The molecule has 0 fully saturated rings. The summed E-state index contributed by atoms with van der Waals surface area (Å²) in [5.41, 5.74) is 5.12. The number of fused-ring (bicyclic) bond motifs is 1. The lowest BCUT2D eigenvalue weighted by atomic mass is 9.42. The second-order valence-electron chi connectivity index (χ2n) is 5.46. The lowest BCUT2D eigenvalue weighted by Gasteiger charge is -2.31. The van der Waals surface area contributed by atoms with Crippen LogP contribution in [0.2, 0.25) is 13.1 Å². The molecule has 1 aromatic rings. The van der Waals surface area contributed by atoms with Crippen molar-refractivity contribution in [2.24, 2.45) is 0 Å². The Bertz CT molecular complexity index is 565. The van der Waals surface area contributed by atoms with Crippen LogP contribution in [0.15, 0.2) is 37.7 Å². The van der Waals surface area contributed by atoms with Crippen LogP contribution >= 0.6 is 30.3 Å². The minimum atomic E-state index is 0.572. The zero-order chi connectivity index (χ0) is 15.4. The highest BCUT2D eigenvalue weighted by atomic mass is 127. The first-order valence-electron chi connectivity index (χ1n) is 7.43. The van der Waals surface area contributed by atoms with E-state index in [-0.39, 0.29) is 0 Å². The predicted octanol–water partition coefficient (Wildman–Crippen LogP) is 5.61. The third-order valence-electron chi connectivity index (χ3n) is 3.98. The van der Waals surface area contributed by atoms with Crippen LogP contribution in [0, 0.1) is 0 Å². The molecule has 1 aromatic heterocycles. The number of rotatable bonds is 7. The normalized spacial score (nSPS) is 14.0. The first-order valence-corrected chi connectivity index (χ1v) is 10.7. The molecule has 0 unspecified atom stereocenters. The minimum absolute atomic E-state index is 0.572. The fourth-order valence-corrected chi connectivity index (χ4v) is 4.21. The Hall–Kier alpha value is -0.555. The summed E-state index contributed by atoms with van der Waals surface area (Å²) in [6.07, 6.45) is 9.82. The van der Waals surface area contributed by atoms with Crippen LogP contribution in [0.3, 0.4) is 0 Å². The Labute approximate surface area is 145 Å². The lowest BCUT2D eigenvalue weighted by Crippen LogP contribution is -2.25. The monoisotopic (exact) mass is 412 g/mol. The standard InChI is InChI=1S/C16H22BIN2S/c1-5-7-10-19-12-15(17(4)9-6-2)14-8-11-20(21-18)16(14)13(19)3/h5,8,11-12H,1,3,6-7,9-10H2,2,4H3. The molecular formula is C16H22BIN2S. The van der Waals surface area contributed by atoms with Crippen LogP contribution in [0.25, 0.3) is 11.2 Å². The van der Waals surface area contributed by atoms with E-state index in [9.17, 15) is 0 Å². The van der Waals surface area contributed by atoms with Crippen LogP contribution in [0.5, 0.6) is 0 Å². The van der Waals surface area contributed by atoms with Gasteiger partial charge in [0.15, 0.2) is 6.71 Å². The molecule has 1 aliphatic heterocycles. The quantitative estimate of drug-likeness (QED) is 0.327. The third kappa shape index (κ3) is 3.45. The molecule has 2 heterocycles. The maximum atomic E-state index is 4.32. The predicted molar refractivity (Wildman–Crippen MR) is 107 cm³/mol. The van der Waals surface area contributed by atoms with Gasteiger partial charge in [0.2, 0.25) is 0 Å². The van der Waals surface area contributed by atoms with E-state index in [0.29, 0.717) is 6.71 Å². The summed E-state index contributed by atoms with van der Waals surface area (Å²) in [6, 6.07) is 2.23. The van der Waals surface area contributed by atoms with Crippen LogP contribution < -0.4 is 0 Å². The van der Waals surface area contributed by atoms with E-state index in [0.717, 1.165) is 18.7 Å². The zero-order valence-corrected chi connectivity index (χ0v) is 15.8. The first-order chi connectivity index (χ1) is 10.1. The average Bonchev–Trinajstić information content (AvgIpc) is 2.91. The summed E-state index contributed by atoms with van der Waals surface area (Å²) < 4.78 is 2.21. The molecule has 0 aromatic carbocycles. The smallest absolute Gasteiger partial charge is 0.175 e. The summed E-state index contributed by atoms with van der Waals surface area (Å²) >= 11 is 2.33. The molecule has 0 aliphatic carbocycles. The molecule has 1 aliphatic rings. The van der Waals surface area contributed by atoms with Crippen LogP contribution in [-0.4, -0.2) is 22.1 Å². The Morgan fingerprint density at radius 2 is 2.24 bits per heavy atom. The fraction of sp³-hybridized carbons (Fsp3) is 0.375. The van der Waals surface area contributed by atoms with Crippen molar-refractivity contribution in [3.63, 3.8) is 0 Å². The first kappa shape index (κ1) is 16.8. The summed E-state index contributed by atoms with van der Waals surface area (Å²) in [5, 5.41) is 0.